The number of nitrogens with one attached hydrogen (secondary N) is 1. The van der Waals surface area contributed by atoms with Crippen LogP contribution in [-0.2, 0) is 20.0 Å². The molecule has 2 heterocycles. The van der Waals surface area contributed by atoms with Gasteiger partial charge in [0.1, 0.15) is 12.7 Å². The van der Waals surface area contributed by atoms with E-state index in [9.17, 15) is 0 Å². The Bertz CT molecular complexity index is 630. The van der Waals surface area contributed by atoms with E-state index in [4.69, 9.17) is 0 Å². The number of hydrogen-bond acceptors (Lipinski definition) is 0. The number of aryl methyl sites for hydroxylation is 2. The zero-order valence-electron chi connectivity index (χ0n) is 17.3. The summed E-state index contributed by atoms with van der Waals surface area (Å²) in [7, 11) is 2.20. The Labute approximate surface area is 160 Å². The molecule has 0 amide bonds. The van der Waals surface area contributed by atoms with Crippen LogP contribution in [0, 0.1) is 0 Å². The van der Waals surface area contributed by atoms with Crippen molar-refractivity contribution in [1.29, 1.82) is 0 Å². The summed E-state index contributed by atoms with van der Waals surface area (Å²) in [6.45, 7) is 5.62. The van der Waals surface area contributed by atoms with Crippen LogP contribution in [0.25, 0.3) is 11.4 Å². The largest absolute Gasteiger partial charge is 0.256 e. The van der Waals surface area contributed by atoms with Gasteiger partial charge in [-0.3, -0.25) is 0 Å². The lowest BCUT2D eigenvalue weighted by molar-refractivity contribution is -0.707. The first-order chi connectivity index (χ1) is 12.8. The number of imidazole rings is 1. The molecule has 0 spiro atoms. The minimum Gasteiger partial charge on any atom is -0.247 e. The number of nitrogens with zero attached hydrogens (tertiary/aromatic N) is 2. The van der Waals surface area contributed by atoms with Crippen molar-refractivity contribution < 1.29 is 9.13 Å². The van der Waals surface area contributed by atoms with Gasteiger partial charge in [-0.05, 0) is 12.5 Å². The van der Waals surface area contributed by atoms with Crippen molar-refractivity contribution in [3.05, 3.63) is 36.4 Å². The Morgan fingerprint density at radius 1 is 0.808 bits per heavy atom. The molecule has 0 aliphatic rings. The Morgan fingerprint density at radius 2 is 1.50 bits per heavy atom. The van der Waals surface area contributed by atoms with Gasteiger partial charge in [-0.1, -0.05) is 65.2 Å². The number of aromatic nitrogens is 3. The van der Waals surface area contributed by atoms with Gasteiger partial charge in [0.15, 0.2) is 6.20 Å². The van der Waals surface area contributed by atoms with Crippen molar-refractivity contribution >= 4 is 0 Å². The summed E-state index contributed by atoms with van der Waals surface area (Å²) >= 11 is 0. The summed E-state index contributed by atoms with van der Waals surface area (Å²) in [6, 6.07) is 6.51. The highest BCUT2D eigenvalue weighted by Crippen LogP contribution is 2.13. The third-order valence-corrected chi connectivity index (χ3v) is 5.36. The van der Waals surface area contributed by atoms with Crippen LogP contribution in [0.15, 0.2) is 30.6 Å². The SMILES string of the molecule is CCCCCCCCCCc1[nH]cc(-c2cccc[n+]2CCCC)[n+]1C. The molecule has 0 aromatic carbocycles. The number of H-pyrrole nitrogens is 1. The van der Waals surface area contributed by atoms with Crippen molar-refractivity contribution in [2.45, 2.75) is 91.0 Å². The highest BCUT2D eigenvalue weighted by molar-refractivity contribution is 5.44. The van der Waals surface area contributed by atoms with E-state index in [1.807, 2.05) is 0 Å². The molecule has 1 N–H and O–H groups in total. The van der Waals surface area contributed by atoms with Gasteiger partial charge in [0.2, 0.25) is 5.69 Å². The van der Waals surface area contributed by atoms with E-state index in [1.54, 1.807) is 0 Å². The molecule has 0 saturated carbocycles. The van der Waals surface area contributed by atoms with Gasteiger partial charge in [-0.2, -0.15) is 4.57 Å². The molecular formula is C23H39N3+2. The molecule has 0 aliphatic carbocycles. The Kier molecular flexibility index (Phi) is 9.44. The first-order valence-corrected chi connectivity index (χ1v) is 10.8. The fourth-order valence-electron chi connectivity index (χ4n) is 3.63. The zero-order chi connectivity index (χ0) is 18.6. The van der Waals surface area contributed by atoms with Crippen LogP contribution in [0.5, 0.6) is 0 Å². The second-order valence-corrected chi connectivity index (χ2v) is 7.54. The van der Waals surface area contributed by atoms with E-state index in [0.29, 0.717) is 0 Å². The van der Waals surface area contributed by atoms with E-state index >= 15 is 0 Å². The Balaban J connectivity index is 1.86. The fourth-order valence-corrected chi connectivity index (χ4v) is 3.63. The molecule has 0 atom stereocenters. The number of pyridine rings is 1. The van der Waals surface area contributed by atoms with E-state index < -0.39 is 0 Å². The average molecular weight is 358 g/mol. The average Bonchev–Trinajstić information content (AvgIpc) is 3.03. The van der Waals surface area contributed by atoms with Crippen LogP contribution in [0.1, 0.15) is 83.9 Å². The lowest BCUT2D eigenvalue weighted by Gasteiger charge is -2.02. The van der Waals surface area contributed by atoms with Crippen LogP contribution in [0.2, 0.25) is 0 Å². The van der Waals surface area contributed by atoms with Crippen molar-refractivity contribution in [3.8, 4) is 11.4 Å². The second-order valence-electron chi connectivity index (χ2n) is 7.54. The van der Waals surface area contributed by atoms with Crippen molar-refractivity contribution in [1.82, 2.24) is 4.98 Å². The van der Waals surface area contributed by atoms with Gasteiger partial charge in [-0.15, -0.1) is 0 Å². The molecule has 2 aromatic rings. The van der Waals surface area contributed by atoms with Crippen LogP contribution < -0.4 is 9.13 Å². The maximum Gasteiger partial charge on any atom is 0.256 e. The van der Waals surface area contributed by atoms with Crippen molar-refractivity contribution in [3.63, 3.8) is 0 Å². The number of rotatable bonds is 13. The summed E-state index contributed by atoms with van der Waals surface area (Å²) in [4.78, 5) is 3.52. The molecule has 26 heavy (non-hydrogen) atoms. The second kappa shape index (κ2) is 11.9. The molecule has 0 bridgehead atoms. The minimum absolute atomic E-state index is 1.09. The molecular weight excluding hydrogens is 318 g/mol. The smallest absolute Gasteiger partial charge is 0.247 e. The normalized spacial score (nSPS) is 11.2. The minimum atomic E-state index is 1.09. The predicted molar refractivity (Wildman–Crippen MR) is 109 cm³/mol. The standard InChI is InChI=1S/C23H38N3/c1-4-6-8-9-10-11-12-13-17-23-24-20-22(25(23)3)21-16-14-15-19-26(21)18-7-5-2/h14-16,19-20H,4-13,17-18H2,1-3H3/q+1/p+1. The van der Waals surface area contributed by atoms with Gasteiger partial charge >= 0.3 is 0 Å². The van der Waals surface area contributed by atoms with E-state index in [-0.39, 0.29) is 0 Å². The molecule has 0 aliphatic heterocycles. The van der Waals surface area contributed by atoms with E-state index in [0.717, 1.165) is 13.0 Å². The Hall–Kier alpha value is -1.64. The molecule has 2 aromatic heterocycles. The quantitative estimate of drug-likeness (QED) is 0.373. The molecule has 2 rings (SSSR count). The summed E-state index contributed by atoms with van der Waals surface area (Å²) < 4.78 is 4.73. The maximum absolute atomic E-state index is 3.52. The highest BCUT2D eigenvalue weighted by atomic mass is 15.1. The van der Waals surface area contributed by atoms with Crippen LogP contribution >= 0.6 is 0 Å². The summed E-state index contributed by atoms with van der Waals surface area (Å²) in [5.74, 6) is 1.34. The maximum atomic E-state index is 3.52. The van der Waals surface area contributed by atoms with Crippen LogP contribution in [0.3, 0.4) is 0 Å². The Morgan fingerprint density at radius 3 is 2.23 bits per heavy atom. The summed E-state index contributed by atoms with van der Waals surface area (Å²) in [5.41, 5.74) is 2.60. The number of aromatic amines is 1. The van der Waals surface area contributed by atoms with Gasteiger partial charge in [-0.25, -0.2) is 9.55 Å². The number of unbranched alkanes of at least 4 members (excludes halogenated alkanes) is 8. The van der Waals surface area contributed by atoms with Crippen LogP contribution in [-0.4, -0.2) is 4.98 Å². The van der Waals surface area contributed by atoms with Crippen LogP contribution in [0.4, 0.5) is 0 Å². The molecule has 0 radical (unpaired) electrons. The van der Waals surface area contributed by atoms with Crippen molar-refractivity contribution in [2.75, 3.05) is 0 Å². The predicted octanol–water partition coefficient (Wildman–Crippen LogP) is 5.28. The molecule has 0 saturated heterocycles. The van der Waals surface area contributed by atoms with E-state index in [1.165, 1.54) is 81.4 Å². The van der Waals surface area contributed by atoms with Gasteiger partial charge in [0.05, 0.1) is 7.05 Å². The molecule has 144 valence electrons. The molecule has 0 unspecified atom stereocenters. The number of hydrogen-bond donors (Lipinski definition) is 1. The fraction of sp³-hybridized carbons (Fsp3) is 0.652. The monoisotopic (exact) mass is 357 g/mol. The third-order valence-electron chi connectivity index (χ3n) is 5.36. The highest BCUT2D eigenvalue weighted by Gasteiger charge is 2.22. The zero-order valence-corrected chi connectivity index (χ0v) is 17.3. The molecule has 3 nitrogen and oxygen atoms in total. The van der Waals surface area contributed by atoms with E-state index in [2.05, 4.69) is 65.6 Å². The van der Waals surface area contributed by atoms with Gasteiger partial charge in [0.25, 0.3) is 11.5 Å². The molecule has 3 heteroatoms. The first-order valence-electron chi connectivity index (χ1n) is 10.8. The lowest BCUT2D eigenvalue weighted by Crippen LogP contribution is -2.41. The van der Waals surface area contributed by atoms with Gasteiger partial charge in [0, 0.05) is 25.0 Å². The first kappa shape index (κ1) is 20.7. The summed E-state index contributed by atoms with van der Waals surface area (Å²) in [6.07, 6.45) is 19.0. The molecule has 0 fully saturated rings. The van der Waals surface area contributed by atoms with Gasteiger partial charge < -0.3 is 0 Å². The third kappa shape index (κ3) is 6.26. The summed E-state index contributed by atoms with van der Waals surface area (Å²) in [5, 5.41) is 0. The van der Waals surface area contributed by atoms with Crippen molar-refractivity contribution in [2.24, 2.45) is 7.05 Å². The topological polar surface area (TPSA) is 23.5 Å². The lowest BCUT2D eigenvalue weighted by atomic mass is 10.1.